The molecule has 7 heteroatoms. The van der Waals surface area contributed by atoms with E-state index in [0.29, 0.717) is 19.0 Å². The average molecular weight is 388 g/mol. The highest BCUT2D eigenvalue weighted by Gasteiger charge is 2.21. The van der Waals surface area contributed by atoms with Crippen molar-refractivity contribution in [3.63, 3.8) is 0 Å². The van der Waals surface area contributed by atoms with Crippen molar-refractivity contribution in [1.82, 2.24) is 15.6 Å². The third-order valence-corrected chi connectivity index (χ3v) is 5.48. The van der Waals surface area contributed by atoms with Crippen molar-refractivity contribution in [2.75, 3.05) is 31.6 Å². The maximum atomic E-state index is 11.9. The lowest BCUT2D eigenvalue weighted by Crippen LogP contribution is -2.49. The van der Waals surface area contributed by atoms with Crippen LogP contribution in [0.1, 0.15) is 51.4 Å². The molecule has 0 amide bonds. The van der Waals surface area contributed by atoms with Gasteiger partial charge in [0.15, 0.2) is 5.96 Å². The predicted molar refractivity (Wildman–Crippen MR) is 112 cm³/mol. The van der Waals surface area contributed by atoms with Gasteiger partial charge >= 0.3 is 5.97 Å². The molecule has 1 aromatic heterocycles. The third kappa shape index (κ3) is 6.39. The maximum Gasteiger partial charge on any atom is 0.306 e. The van der Waals surface area contributed by atoms with E-state index < -0.39 is 0 Å². The van der Waals surface area contributed by atoms with Gasteiger partial charge < -0.3 is 20.3 Å². The quantitative estimate of drug-likeness (QED) is 0.324. The number of piperidine rings is 1. The summed E-state index contributed by atoms with van der Waals surface area (Å²) < 4.78 is 5.49. The Bertz CT molecular complexity index is 623. The number of nitrogens with one attached hydrogen (secondary N) is 2. The van der Waals surface area contributed by atoms with Gasteiger partial charge in [0.05, 0.1) is 0 Å². The summed E-state index contributed by atoms with van der Waals surface area (Å²) in [5.41, 5.74) is 0. The van der Waals surface area contributed by atoms with Gasteiger partial charge in [-0.3, -0.25) is 9.79 Å². The van der Waals surface area contributed by atoms with E-state index in [1.165, 1.54) is 12.8 Å². The summed E-state index contributed by atoms with van der Waals surface area (Å²) in [4.78, 5) is 22.9. The number of anilines is 1. The number of esters is 1. The van der Waals surface area contributed by atoms with E-state index in [0.717, 1.165) is 57.0 Å². The fourth-order valence-electron chi connectivity index (χ4n) is 3.87. The van der Waals surface area contributed by atoms with Crippen LogP contribution in [-0.2, 0) is 9.53 Å². The minimum atomic E-state index is -0.0708. The largest absolute Gasteiger partial charge is 0.462 e. The fourth-order valence-corrected chi connectivity index (χ4v) is 3.87. The zero-order valence-corrected chi connectivity index (χ0v) is 16.9. The third-order valence-electron chi connectivity index (χ3n) is 5.48. The summed E-state index contributed by atoms with van der Waals surface area (Å²) in [6.07, 6.45) is 9.73. The molecule has 2 aliphatic rings. The highest BCUT2D eigenvalue weighted by atomic mass is 16.5. The summed E-state index contributed by atoms with van der Waals surface area (Å²) in [5.74, 6) is 1.78. The minimum absolute atomic E-state index is 0.0708. The molecular formula is C21H33N5O2. The Balaban J connectivity index is 1.30. The van der Waals surface area contributed by atoms with E-state index >= 15 is 0 Å². The van der Waals surface area contributed by atoms with Crippen LogP contribution in [-0.4, -0.2) is 55.7 Å². The lowest BCUT2D eigenvalue weighted by atomic mass is 10.1. The molecule has 7 nitrogen and oxygen atoms in total. The number of aromatic nitrogens is 1. The van der Waals surface area contributed by atoms with E-state index in [4.69, 9.17) is 4.74 Å². The number of rotatable bonds is 7. The van der Waals surface area contributed by atoms with E-state index in [-0.39, 0.29) is 12.1 Å². The first-order valence-corrected chi connectivity index (χ1v) is 10.6. The summed E-state index contributed by atoms with van der Waals surface area (Å²) in [7, 11) is 1.78. The normalized spacial score (nSPS) is 18.9. The van der Waals surface area contributed by atoms with Gasteiger partial charge in [-0.25, -0.2) is 4.98 Å². The number of aliphatic imine (C=N–C) groups is 1. The second kappa shape index (κ2) is 10.9. The van der Waals surface area contributed by atoms with Gasteiger partial charge in [-0.2, -0.15) is 0 Å². The molecule has 0 bridgehead atoms. The Morgan fingerprint density at radius 1 is 1.25 bits per heavy atom. The monoisotopic (exact) mass is 387 g/mol. The topological polar surface area (TPSA) is 78.8 Å². The Kier molecular flexibility index (Phi) is 7.94. The van der Waals surface area contributed by atoms with Crippen molar-refractivity contribution < 1.29 is 9.53 Å². The van der Waals surface area contributed by atoms with E-state index in [1.54, 1.807) is 7.05 Å². The van der Waals surface area contributed by atoms with E-state index in [9.17, 15) is 4.79 Å². The highest BCUT2D eigenvalue weighted by molar-refractivity contribution is 5.80. The lowest BCUT2D eigenvalue weighted by molar-refractivity contribution is -0.148. The van der Waals surface area contributed by atoms with Crippen molar-refractivity contribution in [2.45, 2.75) is 63.5 Å². The Labute approximate surface area is 168 Å². The molecule has 0 unspecified atom stereocenters. The van der Waals surface area contributed by atoms with Crippen LogP contribution < -0.4 is 15.5 Å². The van der Waals surface area contributed by atoms with Crippen molar-refractivity contribution >= 4 is 17.7 Å². The molecule has 1 saturated carbocycles. The Hall–Kier alpha value is -2.31. The van der Waals surface area contributed by atoms with Gasteiger partial charge in [0.2, 0.25) is 0 Å². The molecule has 3 rings (SSSR count). The molecule has 0 atom stereocenters. The molecule has 2 heterocycles. The molecule has 0 aromatic carbocycles. The number of guanidine groups is 1. The van der Waals surface area contributed by atoms with Crippen molar-refractivity contribution in [3.8, 4) is 0 Å². The Morgan fingerprint density at radius 2 is 2.04 bits per heavy atom. The van der Waals surface area contributed by atoms with Gasteiger partial charge in [-0.15, -0.1) is 0 Å². The van der Waals surface area contributed by atoms with Crippen molar-refractivity contribution in [2.24, 2.45) is 4.99 Å². The predicted octanol–water partition coefficient (Wildman–Crippen LogP) is 2.48. The molecule has 2 N–H and O–H groups in total. The van der Waals surface area contributed by atoms with Gasteiger partial charge in [0.25, 0.3) is 0 Å². The van der Waals surface area contributed by atoms with Crippen LogP contribution in [0.15, 0.2) is 29.4 Å². The first-order chi connectivity index (χ1) is 13.7. The second-order valence-corrected chi connectivity index (χ2v) is 7.59. The number of hydrogen-bond acceptors (Lipinski definition) is 5. The number of carbonyl (C=O) groups excluding carboxylic acids is 1. The number of nitrogens with zero attached hydrogens (tertiary/aromatic N) is 3. The zero-order valence-electron chi connectivity index (χ0n) is 16.9. The lowest BCUT2D eigenvalue weighted by Gasteiger charge is -2.33. The molecule has 154 valence electrons. The first kappa shape index (κ1) is 20.4. The molecule has 0 spiro atoms. The van der Waals surface area contributed by atoms with Crippen molar-refractivity contribution in [3.05, 3.63) is 24.4 Å². The zero-order chi connectivity index (χ0) is 19.6. The van der Waals surface area contributed by atoms with Crippen molar-refractivity contribution in [1.29, 1.82) is 0 Å². The van der Waals surface area contributed by atoms with Crippen LogP contribution in [0.25, 0.3) is 0 Å². The Morgan fingerprint density at radius 3 is 2.71 bits per heavy atom. The molecule has 1 aliphatic carbocycles. The van der Waals surface area contributed by atoms with Crippen LogP contribution in [0.5, 0.6) is 0 Å². The molecule has 1 aliphatic heterocycles. The second-order valence-electron chi connectivity index (χ2n) is 7.59. The average Bonchev–Trinajstić information content (AvgIpc) is 3.24. The van der Waals surface area contributed by atoms with E-state index in [2.05, 4.69) is 31.6 Å². The molecule has 1 aromatic rings. The molecule has 2 fully saturated rings. The summed E-state index contributed by atoms with van der Waals surface area (Å²) >= 11 is 0. The standard InChI is InChI=1S/C21H33N5O2/c1-22-21(24-14-6-10-20(27)28-18-7-2-3-8-18)25-17-11-15-26(16-12-17)19-9-4-5-13-23-19/h4-5,9,13,17-18H,2-3,6-8,10-12,14-16H2,1H3,(H2,22,24,25). The smallest absolute Gasteiger partial charge is 0.306 e. The van der Waals surface area contributed by atoms with Crippen LogP contribution in [0.2, 0.25) is 0 Å². The van der Waals surface area contributed by atoms with Gasteiger partial charge in [0, 0.05) is 45.3 Å². The summed E-state index contributed by atoms with van der Waals surface area (Å²) in [6, 6.07) is 6.44. The number of ether oxygens (including phenoxy) is 1. The van der Waals surface area contributed by atoms with E-state index in [1.807, 2.05) is 18.3 Å². The fraction of sp³-hybridized carbons (Fsp3) is 0.667. The van der Waals surface area contributed by atoms with Gasteiger partial charge in [-0.1, -0.05) is 6.07 Å². The summed E-state index contributed by atoms with van der Waals surface area (Å²) in [5, 5.41) is 6.81. The summed E-state index contributed by atoms with van der Waals surface area (Å²) in [6.45, 7) is 2.68. The molecule has 28 heavy (non-hydrogen) atoms. The van der Waals surface area contributed by atoms with Gasteiger partial charge in [-0.05, 0) is 57.1 Å². The molecule has 0 radical (unpaired) electrons. The van der Waals surface area contributed by atoms with Crippen LogP contribution in [0.4, 0.5) is 5.82 Å². The maximum absolute atomic E-state index is 11.9. The molecular weight excluding hydrogens is 354 g/mol. The first-order valence-electron chi connectivity index (χ1n) is 10.6. The number of hydrogen-bond donors (Lipinski definition) is 2. The number of pyridine rings is 1. The van der Waals surface area contributed by atoms with Gasteiger partial charge in [0.1, 0.15) is 11.9 Å². The van der Waals surface area contributed by atoms with Crippen LogP contribution in [0.3, 0.4) is 0 Å². The van der Waals surface area contributed by atoms with Crippen LogP contribution >= 0.6 is 0 Å². The SMILES string of the molecule is CN=C(NCCCC(=O)OC1CCCC1)NC1CCN(c2ccccn2)CC1. The highest BCUT2D eigenvalue weighted by Crippen LogP contribution is 2.21. The number of carbonyl (C=O) groups is 1. The van der Waals surface area contributed by atoms with Crippen LogP contribution in [0, 0.1) is 0 Å². The molecule has 1 saturated heterocycles. The minimum Gasteiger partial charge on any atom is -0.462 e.